The normalized spacial score (nSPS) is 10.9. The fourth-order valence-corrected chi connectivity index (χ4v) is 1.75. The van der Waals surface area contributed by atoms with Gasteiger partial charge in [0.2, 0.25) is 0 Å². The molecule has 0 aliphatic carbocycles. The second-order valence-electron chi connectivity index (χ2n) is 3.95. The van der Waals surface area contributed by atoms with Crippen molar-refractivity contribution in [3.05, 3.63) is 23.8 Å². The molecule has 0 aliphatic heterocycles. The van der Waals surface area contributed by atoms with Gasteiger partial charge in [-0.1, -0.05) is 0 Å². The molecule has 0 aromatic carbocycles. The number of nitrogens with two attached hydrogens (primary N) is 1. The van der Waals surface area contributed by atoms with Gasteiger partial charge in [0.25, 0.3) is 0 Å². The van der Waals surface area contributed by atoms with Crippen molar-refractivity contribution in [3.8, 4) is 11.4 Å². The summed E-state index contributed by atoms with van der Waals surface area (Å²) < 4.78 is 1.80. The molecule has 2 rings (SSSR count). The minimum Gasteiger partial charge on any atom is -0.342 e. The summed E-state index contributed by atoms with van der Waals surface area (Å²) in [5, 5.41) is 4.30. The van der Waals surface area contributed by atoms with E-state index in [9.17, 15) is 0 Å². The number of aryl methyl sites for hydroxylation is 3. The van der Waals surface area contributed by atoms with Crippen molar-refractivity contribution in [3.63, 3.8) is 0 Å². The lowest BCUT2D eigenvalue weighted by Crippen LogP contribution is -2.00. The zero-order valence-electron chi connectivity index (χ0n) is 9.70. The maximum absolute atomic E-state index is 5.47. The third-order valence-corrected chi connectivity index (χ3v) is 2.55. The molecule has 0 saturated heterocycles. The maximum Gasteiger partial charge on any atom is 0.140 e. The van der Waals surface area contributed by atoms with Crippen molar-refractivity contribution >= 4 is 0 Å². The van der Waals surface area contributed by atoms with Gasteiger partial charge in [0.15, 0.2) is 0 Å². The van der Waals surface area contributed by atoms with Crippen LogP contribution in [0, 0.1) is 6.92 Å². The van der Waals surface area contributed by atoms with E-state index in [-0.39, 0.29) is 0 Å². The molecule has 0 bridgehead atoms. The van der Waals surface area contributed by atoms with Crippen LogP contribution < -0.4 is 5.73 Å². The Labute approximate surface area is 94.7 Å². The van der Waals surface area contributed by atoms with Crippen LogP contribution in [0.15, 0.2) is 12.4 Å². The number of hydrogen-bond donors (Lipinski definition) is 2. The lowest BCUT2D eigenvalue weighted by atomic mass is 10.2. The molecule has 2 aromatic rings. The average molecular weight is 219 g/mol. The number of rotatable bonds is 4. The van der Waals surface area contributed by atoms with E-state index in [1.807, 2.05) is 26.4 Å². The second-order valence-corrected chi connectivity index (χ2v) is 3.95. The second kappa shape index (κ2) is 4.49. The molecule has 0 aliphatic rings. The molecule has 0 atom stereocenters. The highest BCUT2D eigenvalue weighted by Crippen LogP contribution is 2.18. The largest absolute Gasteiger partial charge is 0.342 e. The first-order valence-corrected chi connectivity index (χ1v) is 5.45. The number of hydrogen-bond acceptors (Lipinski definition) is 3. The molecule has 0 spiro atoms. The van der Waals surface area contributed by atoms with Crippen molar-refractivity contribution < 1.29 is 0 Å². The van der Waals surface area contributed by atoms with Crippen LogP contribution in [0.4, 0.5) is 0 Å². The van der Waals surface area contributed by atoms with Gasteiger partial charge in [-0.25, -0.2) is 4.98 Å². The fourth-order valence-electron chi connectivity index (χ4n) is 1.75. The Morgan fingerprint density at radius 3 is 2.94 bits per heavy atom. The third-order valence-electron chi connectivity index (χ3n) is 2.55. The number of imidazole rings is 1. The van der Waals surface area contributed by atoms with E-state index in [0.717, 1.165) is 35.6 Å². The summed E-state index contributed by atoms with van der Waals surface area (Å²) >= 11 is 0. The summed E-state index contributed by atoms with van der Waals surface area (Å²) in [5.74, 6) is 0.887. The molecule has 2 heterocycles. The SMILES string of the molecule is Cc1nn(C)cc1-c1ncc(CCCN)[nH]1. The van der Waals surface area contributed by atoms with Gasteiger partial charge in [-0.3, -0.25) is 4.68 Å². The van der Waals surface area contributed by atoms with Crippen LogP contribution in [0.5, 0.6) is 0 Å². The fraction of sp³-hybridized carbons (Fsp3) is 0.455. The van der Waals surface area contributed by atoms with Crippen LogP contribution in [0.25, 0.3) is 11.4 Å². The van der Waals surface area contributed by atoms with Crippen LogP contribution in [0.2, 0.25) is 0 Å². The van der Waals surface area contributed by atoms with E-state index >= 15 is 0 Å². The smallest absolute Gasteiger partial charge is 0.140 e. The summed E-state index contributed by atoms with van der Waals surface area (Å²) in [5.41, 5.74) is 8.65. The highest BCUT2D eigenvalue weighted by Gasteiger charge is 2.09. The summed E-state index contributed by atoms with van der Waals surface area (Å²) in [6, 6.07) is 0. The Kier molecular flexibility index (Phi) is 3.05. The van der Waals surface area contributed by atoms with Crippen molar-refractivity contribution in [2.45, 2.75) is 19.8 Å². The van der Waals surface area contributed by atoms with Crippen molar-refractivity contribution in [1.82, 2.24) is 19.7 Å². The first-order chi connectivity index (χ1) is 7.70. The van der Waals surface area contributed by atoms with Gasteiger partial charge in [0.1, 0.15) is 5.82 Å². The maximum atomic E-state index is 5.47. The summed E-state index contributed by atoms with van der Waals surface area (Å²) in [6.07, 6.45) is 5.77. The summed E-state index contributed by atoms with van der Waals surface area (Å²) in [7, 11) is 1.91. The lowest BCUT2D eigenvalue weighted by Gasteiger charge is -1.94. The van der Waals surface area contributed by atoms with Crippen molar-refractivity contribution in [2.24, 2.45) is 12.8 Å². The Bertz CT molecular complexity index is 468. The molecule has 3 N–H and O–H groups in total. The minimum absolute atomic E-state index is 0.709. The predicted molar refractivity (Wildman–Crippen MR) is 62.9 cm³/mol. The van der Waals surface area contributed by atoms with E-state index in [4.69, 9.17) is 5.73 Å². The zero-order valence-corrected chi connectivity index (χ0v) is 9.70. The number of nitrogens with one attached hydrogen (secondary N) is 1. The van der Waals surface area contributed by atoms with Gasteiger partial charge in [0.05, 0.1) is 11.3 Å². The summed E-state index contributed by atoms with van der Waals surface area (Å²) in [6.45, 7) is 2.69. The van der Waals surface area contributed by atoms with Crippen LogP contribution >= 0.6 is 0 Å². The Morgan fingerprint density at radius 1 is 1.50 bits per heavy atom. The highest BCUT2D eigenvalue weighted by atomic mass is 15.3. The first kappa shape index (κ1) is 10.9. The first-order valence-electron chi connectivity index (χ1n) is 5.45. The van der Waals surface area contributed by atoms with Crippen LogP contribution in [-0.2, 0) is 13.5 Å². The Hall–Kier alpha value is -1.62. The van der Waals surface area contributed by atoms with Gasteiger partial charge in [-0.05, 0) is 26.3 Å². The van der Waals surface area contributed by atoms with Crippen molar-refractivity contribution in [2.75, 3.05) is 6.54 Å². The molecule has 5 heteroatoms. The van der Waals surface area contributed by atoms with E-state index in [1.54, 1.807) is 4.68 Å². The van der Waals surface area contributed by atoms with Gasteiger partial charge in [-0.15, -0.1) is 0 Å². The third kappa shape index (κ3) is 2.14. The monoisotopic (exact) mass is 219 g/mol. The van der Waals surface area contributed by atoms with E-state index in [2.05, 4.69) is 15.1 Å². The van der Waals surface area contributed by atoms with E-state index in [0.29, 0.717) is 6.54 Å². The topological polar surface area (TPSA) is 72.5 Å². The zero-order chi connectivity index (χ0) is 11.5. The molecular formula is C11H17N5. The standard InChI is InChI=1S/C11H17N5/c1-8-10(7-16(2)15-8)11-13-6-9(14-11)4-3-5-12/h6-7H,3-5,12H2,1-2H3,(H,13,14). The molecule has 5 nitrogen and oxygen atoms in total. The van der Waals surface area contributed by atoms with Crippen LogP contribution in [-0.4, -0.2) is 26.3 Å². The Balaban J connectivity index is 2.21. The average Bonchev–Trinajstić information content (AvgIpc) is 2.82. The van der Waals surface area contributed by atoms with E-state index in [1.165, 1.54) is 0 Å². The molecule has 0 fully saturated rings. The predicted octanol–water partition coefficient (Wildman–Crippen LogP) is 1.01. The summed E-state index contributed by atoms with van der Waals surface area (Å²) in [4.78, 5) is 7.66. The number of H-pyrrole nitrogens is 1. The highest BCUT2D eigenvalue weighted by molar-refractivity contribution is 5.57. The number of aromatic nitrogens is 4. The molecule has 0 saturated carbocycles. The van der Waals surface area contributed by atoms with Gasteiger partial charge in [-0.2, -0.15) is 5.10 Å². The molecule has 0 unspecified atom stereocenters. The number of nitrogens with zero attached hydrogens (tertiary/aromatic N) is 3. The van der Waals surface area contributed by atoms with Gasteiger partial charge < -0.3 is 10.7 Å². The van der Waals surface area contributed by atoms with Gasteiger partial charge in [0, 0.05) is 25.1 Å². The minimum atomic E-state index is 0.709. The molecule has 2 aromatic heterocycles. The van der Waals surface area contributed by atoms with Crippen LogP contribution in [0.3, 0.4) is 0 Å². The van der Waals surface area contributed by atoms with Crippen molar-refractivity contribution in [1.29, 1.82) is 0 Å². The van der Waals surface area contributed by atoms with Gasteiger partial charge >= 0.3 is 0 Å². The van der Waals surface area contributed by atoms with E-state index < -0.39 is 0 Å². The molecule has 86 valence electrons. The quantitative estimate of drug-likeness (QED) is 0.806. The molecule has 0 radical (unpaired) electrons. The lowest BCUT2D eigenvalue weighted by molar-refractivity contribution is 0.756. The van der Waals surface area contributed by atoms with Crippen LogP contribution in [0.1, 0.15) is 17.8 Å². The number of aromatic amines is 1. The molecule has 16 heavy (non-hydrogen) atoms. The molecule has 0 amide bonds. The molecular weight excluding hydrogens is 202 g/mol. The Morgan fingerprint density at radius 2 is 2.31 bits per heavy atom.